The predicted octanol–water partition coefficient (Wildman–Crippen LogP) is 7.83. The number of para-hydroxylation sites is 1. The number of pyridine rings is 2. The number of anilines is 4. The molecule has 6 heterocycles. The topological polar surface area (TPSA) is 117 Å². The lowest BCUT2D eigenvalue weighted by molar-refractivity contribution is -0.137. The lowest BCUT2D eigenvalue weighted by Gasteiger charge is -2.53. The molecule has 0 bridgehead atoms. The molecule has 16 heteroatoms. The number of benzene rings is 2. The molecule has 0 atom stereocenters. The first-order valence-electron chi connectivity index (χ1n) is 17.4. The van der Waals surface area contributed by atoms with Gasteiger partial charge in [0.05, 0.1) is 38.5 Å². The molecule has 0 aliphatic carbocycles. The summed E-state index contributed by atoms with van der Waals surface area (Å²) in [5.41, 5.74) is -0.178. The van der Waals surface area contributed by atoms with E-state index in [1.54, 1.807) is 42.6 Å². The number of aromatic nitrogens is 2. The minimum absolute atomic E-state index is 0.0256. The minimum Gasteiger partial charge on any atom is -0.381 e. The van der Waals surface area contributed by atoms with E-state index in [2.05, 4.69) is 25.5 Å². The fourth-order valence-electron chi connectivity index (χ4n) is 7.27. The summed E-state index contributed by atoms with van der Waals surface area (Å²) in [7, 11) is 0. The molecule has 282 valence electrons. The van der Waals surface area contributed by atoms with Gasteiger partial charge < -0.3 is 25.2 Å². The average molecular weight is 775 g/mol. The van der Waals surface area contributed by atoms with Crippen molar-refractivity contribution in [2.45, 2.75) is 25.4 Å². The Balaban J connectivity index is 0.987. The van der Waals surface area contributed by atoms with Crippen molar-refractivity contribution in [3.8, 4) is 10.6 Å². The standard InChI is InChI=1S/C39H31F5N6O4S/c40-24-18-29-32(46-19-24)33-23(17-30(55-33)36(52)48-31-27(39(42,43)44)4-1-5-28(31)41)10-14-50(29)37(53)22-6-8-25(9-7-22)47-35(51)26-3-2-13-45-34(26)49-20-38(21-49)11-15-54-16-12-38/h1-9,13,17-19H,10-12,14-16,20-21H2,(H,47,51)(H,48,52). The normalized spacial score (nSPS) is 16.1. The van der Waals surface area contributed by atoms with Crippen LogP contribution in [0.5, 0.6) is 0 Å². The van der Waals surface area contributed by atoms with Crippen LogP contribution in [0.25, 0.3) is 10.6 Å². The van der Waals surface area contributed by atoms with E-state index in [1.165, 1.54) is 11.0 Å². The molecule has 3 amide bonds. The van der Waals surface area contributed by atoms with Gasteiger partial charge in [-0.1, -0.05) is 6.07 Å². The first-order valence-corrected chi connectivity index (χ1v) is 18.2. The van der Waals surface area contributed by atoms with Gasteiger partial charge in [-0.25, -0.2) is 13.8 Å². The molecule has 3 aliphatic rings. The van der Waals surface area contributed by atoms with Gasteiger partial charge in [0.1, 0.15) is 23.1 Å². The fourth-order valence-corrected chi connectivity index (χ4v) is 8.38. The molecule has 2 saturated heterocycles. The highest BCUT2D eigenvalue weighted by molar-refractivity contribution is 7.17. The van der Waals surface area contributed by atoms with Crippen molar-refractivity contribution >= 4 is 51.9 Å². The summed E-state index contributed by atoms with van der Waals surface area (Å²) in [4.78, 5) is 53.1. The molecule has 0 saturated carbocycles. The summed E-state index contributed by atoms with van der Waals surface area (Å²) >= 11 is 0.881. The third-order valence-electron chi connectivity index (χ3n) is 10.1. The number of carbonyl (C=O) groups excluding carboxylic acids is 3. The van der Waals surface area contributed by atoms with E-state index >= 15 is 0 Å². The molecule has 3 aromatic heterocycles. The molecule has 0 radical (unpaired) electrons. The molecule has 55 heavy (non-hydrogen) atoms. The molecule has 2 N–H and O–H groups in total. The van der Waals surface area contributed by atoms with Gasteiger partial charge in [-0.3, -0.25) is 19.4 Å². The van der Waals surface area contributed by atoms with Crippen LogP contribution in [0, 0.1) is 17.0 Å². The zero-order chi connectivity index (χ0) is 38.5. The number of carbonyl (C=O) groups is 3. The number of fused-ring (bicyclic) bond motifs is 3. The minimum atomic E-state index is -4.92. The van der Waals surface area contributed by atoms with Crippen molar-refractivity contribution in [2.24, 2.45) is 5.41 Å². The van der Waals surface area contributed by atoms with Gasteiger partial charge in [-0.2, -0.15) is 13.2 Å². The number of rotatable bonds is 6. The largest absolute Gasteiger partial charge is 0.418 e. The van der Waals surface area contributed by atoms with Crippen LogP contribution >= 0.6 is 11.3 Å². The molecule has 5 aromatic rings. The molecule has 8 rings (SSSR count). The first-order chi connectivity index (χ1) is 26.4. The summed E-state index contributed by atoms with van der Waals surface area (Å²) in [6.07, 6.45) is -0.167. The lowest BCUT2D eigenvalue weighted by Crippen LogP contribution is -2.59. The number of hydrogen-bond donors (Lipinski definition) is 2. The summed E-state index contributed by atoms with van der Waals surface area (Å²) < 4.78 is 75.3. The van der Waals surface area contributed by atoms with Crippen molar-refractivity contribution in [1.29, 1.82) is 0 Å². The van der Waals surface area contributed by atoms with Gasteiger partial charge in [0, 0.05) is 61.8 Å². The van der Waals surface area contributed by atoms with Gasteiger partial charge >= 0.3 is 6.18 Å². The molecular formula is C39H31F5N6O4S. The number of halogens is 5. The molecule has 1 spiro atoms. The van der Waals surface area contributed by atoms with Gasteiger partial charge in [0.15, 0.2) is 0 Å². The third-order valence-corrected chi connectivity index (χ3v) is 11.3. The highest BCUT2D eigenvalue weighted by atomic mass is 32.1. The predicted molar refractivity (Wildman–Crippen MR) is 196 cm³/mol. The quantitative estimate of drug-likeness (QED) is 0.169. The second-order valence-electron chi connectivity index (χ2n) is 13.7. The van der Waals surface area contributed by atoms with E-state index in [0.29, 0.717) is 33.6 Å². The monoisotopic (exact) mass is 774 g/mol. The number of nitrogens with zero attached hydrogens (tertiary/aromatic N) is 4. The van der Waals surface area contributed by atoms with Gasteiger partial charge in [0.25, 0.3) is 17.7 Å². The number of nitrogens with one attached hydrogen (secondary N) is 2. The van der Waals surface area contributed by atoms with E-state index in [-0.39, 0.29) is 46.1 Å². The SMILES string of the molecule is O=C(Nc1c(F)cccc1C(F)(F)F)c1cc2c(s1)-c1ncc(F)cc1N(C(=O)c1ccc(NC(=O)c3cccnc3N3CC4(CCOCC4)C3)cc1)CC2. The highest BCUT2D eigenvalue weighted by Gasteiger charge is 2.45. The van der Waals surface area contributed by atoms with E-state index in [0.717, 1.165) is 74.9 Å². The Morgan fingerprint density at radius 3 is 2.40 bits per heavy atom. The van der Waals surface area contributed by atoms with Crippen LogP contribution in [-0.2, 0) is 17.3 Å². The first kappa shape index (κ1) is 36.2. The summed E-state index contributed by atoms with van der Waals surface area (Å²) in [5, 5.41) is 4.94. The van der Waals surface area contributed by atoms with Crippen molar-refractivity contribution in [3.05, 3.63) is 118 Å². The second kappa shape index (κ2) is 14.2. The Morgan fingerprint density at radius 1 is 0.891 bits per heavy atom. The van der Waals surface area contributed by atoms with Crippen LogP contribution < -0.4 is 20.4 Å². The smallest absolute Gasteiger partial charge is 0.381 e. The zero-order valence-corrected chi connectivity index (χ0v) is 29.7. The summed E-state index contributed by atoms with van der Waals surface area (Å²) in [6, 6.07) is 14.7. The Hall–Kier alpha value is -5.74. The van der Waals surface area contributed by atoms with Crippen LogP contribution in [0.1, 0.15) is 54.4 Å². The Morgan fingerprint density at radius 2 is 1.65 bits per heavy atom. The molecule has 2 aromatic carbocycles. The van der Waals surface area contributed by atoms with Gasteiger partial charge in [-0.15, -0.1) is 11.3 Å². The fraction of sp³-hybridized carbons (Fsp3) is 0.256. The maximum Gasteiger partial charge on any atom is 0.418 e. The van der Waals surface area contributed by atoms with Crippen LogP contribution in [0.3, 0.4) is 0 Å². The Bertz CT molecular complexity index is 2320. The number of thiophene rings is 1. The second-order valence-corrected chi connectivity index (χ2v) is 14.7. The molecular weight excluding hydrogens is 744 g/mol. The number of amides is 3. The molecule has 3 aliphatic heterocycles. The third kappa shape index (κ3) is 7.02. The van der Waals surface area contributed by atoms with Gasteiger partial charge in [0.2, 0.25) is 0 Å². The van der Waals surface area contributed by atoms with Crippen molar-refractivity contribution < 1.29 is 41.1 Å². The maximum absolute atomic E-state index is 14.7. The highest BCUT2D eigenvalue weighted by Crippen LogP contribution is 2.44. The average Bonchev–Trinajstić information content (AvgIpc) is 3.53. The lowest BCUT2D eigenvalue weighted by atomic mass is 9.73. The Labute approximate surface area is 315 Å². The number of ether oxygens (including phenoxy) is 1. The van der Waals surface area contributed by atoms with Crippen molar-refractivity contribution in [1.82, 2.24) is 9.97 Å². The van der Waals surface area contributed by atoms with E-state index in [9.17, 15) is 36.3 Å². The molecule has 0 unspecified atom stereocenters. The molecule has 2 fully saturated rings. The Kier molecular flexibility index (Phi) is 9.33. The van der Waals surface area contributed by atoms with Crippen LogP contribution in [0.4, 0.5) is 44.8 Å². The van der Waals surface area contributed by atoms with Gasteiger partial charge in [-0.05, 0) is 79.4 Å². The van der Waals surface area contributed by atoms with E-state index in [1.807, 2.05) is 0 Å². The van der Waals surface area contributed by atoms with Crippen molar-refractivity contribution in [3.63, 3.8) is 0 Å². The number of alkyl halides is 3. The summed E-state index contributed by atoms with van der Waals surface area (Å²) in [5.74, 6) is -3.17. The van der Waals surface area contributed by atoms with Crippen LogP contribution in [0.15, 0.2) is 79.1 Å². The number of hydrogen-bond acceptors (Lipinski definition) is 8. The summed E-state index contributed by atoms with van der Waals surface area (Å²) in [6.45, 7) is 3.11. The van der Waals surface area contributed by atoms with E-state index < -0.39 is 40.9 Å². The van der Waals surface area contributed by atoms with E-state index in [4.69, 9.17) is 4.74 Å². The van der Waals surface area contributed by atoms with Crippen LogP contribution in [-0.4, -0.2) is 60.5 Å². The maximum atomic E-state index is 14.7. The zero-order valence-electron chi connectivity index (χ0n) is 28.9. The van der Waals surface area contributed by atoms with Crippen molar-refractivity contribution in [2.75, 3.05) is 53.3 Å². The molecule has 10 nitrogen and oxygen atoms in total. The van der Waals surface area contributed by atoms with Crippen LogP contribution in [0.2, 0.25) is 0 Å².